The van der Waals surface area contributed by atoms with Gasteiger partial charge in [0.15, 0.2) is 5.65 Å². The predicted molar refractivity (Wildman–Crippen MR) is 55.9 cm³/mol. The van der Waals surface area contributed by atoms with E-state index in [1.54, 1.807) is 12.4 Å². The van der Waals surface area contributed by atoms with E-state index in [0.717, 1.165) is 17.6 Å². The summed E-state index contributed by atoms with van der Waals surface area (Å²) >= 11 is 0. The smallest absolute Gasteiger partial charge is 0.178 e. The molecule has 0 amide bonds. The van der Waals surface area contributed by atoms with Crippen LogP contribution in [0, 0.1) is 5.92 Å². The molecule has 3 heteroatoms. The maximum Gasteiger partial charge on any atom is 0.178 e. The molecule has 2 aromatic heterocycles. The summed E-state index contributed by atoms with van der Waals surface area (Å²) in [5, 5.41) is 0. The fourth-order valence-corrected chi connectivity index (χ4v) is 1.48. The largest absolute Gasteiger partial charge is 0.251 e. The second-order valence-electron chi connectivity index (χ2n) is 3.84. The van der Waals surface area contributed by atoms with Gasteiger partial charge in [-0.2, -0.15) is 0 Å². The van der Waals surface area contributed by atoms with E-state index in [-0.39, 0.29) is 0 Å². The minimum Gasteiger partial charge on any atom is -0.251 e. The molecule has 0 N–H and O–H groups in total. The SMILES string of the molecule is CC(C)Cc1cnc2nccnc2c1. The zero-order valence-electron chi connectivity index (χ0n) is 8.44. The molecule has 2 aromatic rings. The van der Waals surface area contributed by atoms with Gasteiger partial charge in [0.25, 0.3) is 0 Å². The van der Waals surface area contributed by atoms with Crippen molar-refractivity contribution in [2.75, 3.05) is 0 Å². The van der Waals surface area contributed by atoms with Crippen LogP contribution < -0.4 is 0 Å². The van der Waals surface area contributed by atoms with Gasteiger partial charge < -0.3 is 0 Å². The highest BCUT2D eigenvalue weighted by atomic mass is 14.9. The summed E-state index contributed by atoms with van der Waals surface area (Å²) in [6.45, 7) is 4.39. The Bertz CT molecular complexity index is 437. The second kappa shape index (κ2) is 3.70. The van der Waals surface area contributed by atoms with Gasteiger partial charge in [-0.3, -0.25) is 4.98 Å². The summed E-state index contributed by atoms with van der Waals surface area (Å²) in [4.78, 5) is 12.6. The zero-order chi connectivity index (χ0) is 9.97. The van der Waals surface area contributed by atoms with E-state index in [2.05, 4.69) is 34.9 Å². The van der Waals surface area contributed by atoms with Gasteiger partial charge in [-0.05, 0) is 24.0 Å². The van der Waals surface area contributed by atoms with Gasteiger partial charge >= 0.3 is 0 Å². The Balaban J connectivity index is 2.41. The van der Waals surface area contributed by atoms with E-state index in [1.807, 2.05) is 6.20 Å². The molecule has 0 aromatic carbocycles. The van der Waals surface area contributed by atoms with Crippen molar-refractivity contribution in [2.45, 2.75) is 20.3 Å². The third-order valence-corrected chi connectivity index (χ3v) is 2.02. The van der Waals surface area contributed by atoms with Crippen molar-refractivity contribution in [2.24, 2.45) is 5.92 Å². The third kappa shape index (κ3) is 1.87. The highest BCUT2D eigenvalue weighted by molar-refractivity contribution is 5.69. The first-order chi connectivity index (χ1) is 6.75. The van der Waals surface area contributed by atoms with Crippen molar-refractivity contribution >= 4 is 11.2 Å². The first-order valence-corrected chi connectivity index (χ1v) is 4.81. The van der Waals surface area contributed by atoms with E-state index >= 15 is 0 Å². The summed E-state index contributed by atoms with van der Waals surface area (Å²) in [6, 6.07) is 2.06. The second-order valence-corrected chi connectivity index (χ2v) is 3.84. The van der Waals surface area contributed by atoms with Crippen LogP contribution in [0.5, 0.6) is 0 Å². The van der Waals surface area contributed by atoms with Crippen molar-refractivity contribution in [1.82, 2.24) is 15.0 Å². The lowest BCUT2D eigenvalue weighted by molar-refractivity contribution is 0.646. The number of aromatic nitrogens is 3. The Morgan fingerprint density at radius 2 is 1.93 bits per heavy atom. The van der Waals surface area contributed by atoms with Crippen molar-refractivity contribution in [3.8, 4) is 0 Å². The molecule has 0 unspecified atom stereocenters. The fourth-order valence-electron chi connectivity index (χ4n) is 1.48. The molecule has 0 aliphatic rings. The van der Waals surface area contributed by atoms with E-state index in [4.69, 9.17) is 0 Å². The summed E-state index contributed by atoms with van der Waals surface area (Å²) in [5.74, 6) is 0.644. The van der Waals surface area contributed by atoms with E-state index in [9.17, 15) is 0 Å². The van der Waals surface area contributed by atoms with Crippen LogP contribution in [0.25, 0.3) is 11.2 Å². The van der Waals surface area contributed by atoms with E-state index < -0.39 is 0 Å². The molecule has 0 saturated heterocycles. The molecule has 2 heterocycles. The first kappa shape index (κ1) is 9.06. The molecule has 0 spiro atoms. The third-order valence-electron chi connectivity index (χ3n) is 2.02. The molecule has 72 valence electrons. The minimum absolute atomic E-state index is 0.644. The van der Waals surface area contributed by atoms with Crippen LogP contribution in [-0.2, 0) is 6.42 Å². The highest BCUT2D eigenvalue weighted by Crippen LogP contribution is 2.11. The van der Waals surface area contributed by atoms with E-state index in [0.29, 0.717) is 5.92 Å². The molecule has 0 aliphatic heterocycles. The van der Waals surface area contributed by atoms with Crippen LogP contribution in [0.4, 0.5) is 0 Å². The monoisotopic (exact) mass is 187 g/mol. The molecule has 0 aliphatic carbocycles. The number of rotatable bonds is 2. The average molecular weight is 187 g/mol. The van der Waals surface area contributed by atoms with Crippen molar-refractivity contribution < 1.29 is 0 Å². The quantitative estimate of drug-likeness (QED) is 0.723. The fraction of sp³-hybridized carbons (Fsp3) is 0.364. The molecule has 0 radical (unpaired) electrons. The molecular formula is C11H13N3. The van der Waals surface area contributed by atoms with Crippen molar-refractivity contribution in [3.05, 3.63) is 30.2 Å². The Morgan fingerprint density at radius 3 is 2.71 bits per heavy atom. The topological polar surface area (TPSA) is 38.7 Å². The maximum absolute atomic E-state index is 4.26. The van der Waals surface area contributed by atoms with Crippen LogP contribution in [-0.4, -0.2) is 15.0 Å². The van der Waals surface area contributed by atoms with Crippen LogP contribution in [0.1, 0.15) is 19.4 Å². The summed E-state index contributed by atoms with van der Waals surface area (Å²) in [5.41, 5.74) is 2.83. The Hall–Kier alpha value is -1.51. The van der Waals surface area contributed by atoms with Gasteiger partial charge in [-0.15, -0.1) is 0 Å². The van der Waals surface area contributed by atoms with Gasteiger partial charge in [-0.1, -0.05) is 13.8 Å². The van der Waals surface area contributed by atoms with Gasteiger partial charge in [0.05, 0.1) is 0 Å². The Morgan fingerprint density at radius 1 is 1.14 bits per heavy atom. The van der Waals surface area contributed by atoms with Crippen molar-refractivity contribution in [1.29, 1.82) is 0 Å². The highest BCUT2D eigenvalue weighted by Gasteiger charge is 2.01. The molecule has 0 fully saturated rings. The molecule has 2 rings (SSSR count). The van der Waals surface area contributed by atoms with Crippen LogP contribution in [0.15, 0.2) is 24.7 Å². The van der Waals surface area contributed by atoms with Gasteiger partial charge in [-0.25, -0.2) is 9.97 Å². The number of hydrogen-bond acceptors (Lipinski definition) is 3. The zero-order valence-corrected chi connectivity index (χ0v) is 8.44. The number of fused-ring (bicyclic) bond motifs is 1. The summed E-state index contributed by atoms with van der Waals surface area (Å²) < 4.78 is 0. The molecule has 0 bridgehead atoms. The van der Waals surface area contributed by atoms with Crippen LogP contribution in [0.2, 0.25) is 0 Å². The van der Waals surface area contributed by atoms with Crippen molar-refractivity contribution in [3.63, 3.8) is 0 Å². The molecule has 0 atom stereocenters. The first-order valence-electron chi connectivity index (χ1n) is 4.81. The molecule has 3 nitrogen and oxygen atoms in total. The molecule has 14 heavy (non-hydrogen) atoms. The maximum atomic E-state index is 4.26. The number of hydrogen-bond donors (Lipinski definition) is 0. The standard InChI is InChI=1S/C11H13N3/c1-8(2)5-9-6-10-11(14-7-9)13-4-3-12-10/h3-4,6-8H,5H2,1-2H3. The lowest BCUT2D eigenvalue weighted by atomic mass is 10.0. The van der Waals surface area contributed by atoms with Crippen LogP contribution in [0.3, 0.4) is 0 Å². The van der Waals surface area contributed by atoms with Gasteiger partial charge in [0.2, 0.25) is 0 Å². The van der Waals surface area contributed by atoms with Crippen LogP contribution >= 0.6 is 0 Å². The molecular weight excluding hydrogens is 174 g/mol. The normalized spacial score (nSPS) is 11.1. The summed E-state index contributed by atoms with van der Waals surface area (Å²) in [6.07, 6.45) is 6.29. The lowest BCUT2D eigenvalue weighted by Gasteiger charge is -2.04. The summed E-state index contributed by atoms with van der Waals surface area (Å²) in [7, 11) is 0. The minimum atomic E-state index is 0.644. The number of pyridine rings is 1. The van der Waals surface area contributed by atoms with E-state index in [1.165, 1.54) is 5.56 Å². The number of nitrogens with zero attached hydrogens (tertiary/aromatic N) is 3. The Kier molecular flexibility index (Phi) is 2.39. The molecule has 0 saturated carbocycles. The average Bonchev–Trinajstić information content (AvgIpc) is 2.17. The van der Waals surface area contributed by atoms with Gasteiger partial charge in [0.1, 0.15) is 5.52 Å². The Labute approximate surface area is 83.2 Å². The van der Waals surface area contributed by atoms with Gasteiger partial charge in [0, 0.05) is 18.6 Å². The lowest BCUT2D eigenvalue weighted by Crippen LogP contribution is -1.96. The predicted octanol–water partition coefficient (Wildman–Crippen LogP) is 2.22.